The number of nitrogens with zero attached hydrogens (tertiary/aromatic N) is 3. The summed E-state index contributed by atoms with van der Waals surface area (Å²) in [6, 6.07) is 17.2. The number of nitrogens with one attached hydrogen (secondary N) is 1. The molecule has 0 atom stereocenters. The van der Waals surface area contributed by atoms with Gasteiger partial charge in [0.05, 0.1) is 29.1 Å². The average molecular weight is 346 g/mol. The van der Waals surface area contributed by atoms with Crippen LogP contribution in [0.2, 0.25) is 0 Å². The minimum Gasteiger partial charge on any atom is -0.316 e. The first-order valence-corrected chi connectivity index (χ1v) is 7.86. The van der Waals surface area contributed by atoms with E-state index in [1.54, 1.807) is 0 Å². The summed E-state index contributed by atoms with van der Waals surface area (Å²) in [5.74, 6) is -1.45. The number of hydrazone groups is 1. The van der Waals surface area contributed by atoms with Gasteiger partial charge >= 0.3 is 0 Å². The van der Waals surface area contributed by atoms with Gasteiger partial charge in [-0.2, -0.15) is 10.4 Å². The molecule has 0 saturated heterocycles. The SMILES string of the molecule is Cc1ccc(-n2cccc2/C=N\NC(=O)c2ccc(C#N)cc2F)cc1. The van der Waals surface area contributed by atoms with Crippen LogP contribution in [0.15, 0.2) is 65.9 Å². The summed E-state index contributed by atoms with van der Waals surface area (Å²) in [5, 5.41) is 12.6. The molecule has 0 fully saturated rings. The van der Waals surface area contributed by atoms with Crippen LogP contribution in [0.3, 0.4) is 0 Å². The normalized spacial score (nSPS) is 10.7. The van der Waals surface area contributed by atoms with Crippen molar-refractivity contribution in [1.82, 2.24) is 9.99 Å². The van der Waals surface area contributed by atoms with E-state index in [1.165, 1.54) is 18.3 Å². The van der Waals surface area contributed by atoms with Crippen LogP contribution in [0.1, 0.15) is 27.2 Å². The van der Waals surface area contributed by atoms with Crippen LogP contribution in [0.4, 0.5) is 4.39 Å². The van der Waals surface area contributed by atoms with Crippen molar-refractivity contribution in [2.75, 3.05) is 0 Å². The van der Waals surface area contributed by atoms with Crippen molar-refractivity contribution in [3.8, 4) is 11.8 Å². The fraction of sp³-hybridized carbons (Fsp3) is 0.0500. The van der Waals surface area contributed by atoms with E-state index in [2.05, 4.69) is 10.5 Å². The maximum atomic E-state index is 13.8. The molecule has 3 rings (SSSR count). The van der Waals surface area contributed by atoms with Crippen LogP contribution >= 0.6 is 0 Å². The molecule has 128 valence electrons. The molecular formula is C20H15FN4O. The van der Waals surface area contributed by atoms with Crippen molar-refractivity contribution >= 4 is 12.1 Å². The number of hydrogen-bond acceptors (Lipinski definition) is 3. The minimum absolute atomic E-state index is 0.151. The first kappa shape index (κ1) is 17.1. The Bertz CT molecular complexity index is 1010. The van der Waals surface area contributed by atoms with Gasteiger partial charge in [-0.1, -0.05) is 17.7 Å². The van der Waals surface area contributed by atoms with Crippen molar-refractivity contribution in [3.63, 3.8) is 0 Å². The number of amides is 1. The Kier molecular flexibility index (Phi) is 4.90. The monoisotopic (exact) mass is 346 g/mol. The molecule has 1 N–H and O–H groups in total. The Balaban J connectivity index is 1.74. The molecular weight excluding hydrogens is 331 g/mol. The Morgan fingerprint density at radius 3 is 2.69 bits per heavy atom. The maximum absolute atomic E-state index is 13.8. The van der Waals surface area contributed by atoms with Crippen LogP contribution in [0.25, 0.3) is 5.69 Å². The number of aromatic nitrogens is 1. The lowest BCUT2D eigenvalue weighted by Gasteiger charge is -2.06. The molecule has 1 aromatic heterocycles. The predicted octanol–water partition coefficient (Wildman–Crippen LogP) is 3.56. The summed E-state index contributed by atoms with van der Waals surface area (Å²) in [7, 11) is 0. The molecule has 0 unspecified atom stereocenters. The van der Waals surface area contributed by atoms with Gasteiger partial charge in [0.25, 0.3) is 5.91 Å². The number of rotatable bonds is 4. The van der Waals surface area contributed by atoms with Gasteiger partial charge in [-0.3, -0.25) is 4.79 Å². The van der Waals surface area contributed by atoms with Gasteiger partial charge < -0.3 is 4.57 Å². The van der Waals surface area contributed by atoms with E-state index in [-0.39, 0.29) is 11.1 Å². The molecule has 0 spiro atoms. The molecule has 3 aromatic rings. The molecule has 0 aliphatic carbocycles. The number of halogens is 1. The topological polar surface area (TPSA) is 70.2 Å². The van der Waals surface area contributed by atoms with Gasteiger partial charge in [0.1, 0.15) is 5.82 Å². The van der Waals surface area contributed by atoms with Gasteiger partial charge in [0.2, 0.25) is 0 Å². The van der Waals surface area contributed by atoms with E-state index in [4.69, 9.17) is 5.26 Å². The largest absolute Gasteiger partial charge is 0.316 e. The molecule has 0 saturated carbocycles. The Morgan fingerprint density at radius 2 is 2.00 bits per heavy atom. The van der Waals surface area contributed by atoms with Gasteiger partial charge in [0, 0.05) is 11.9 Å². The first-order valence-electron chi connectivity index (χ1n) is 7.86. The average Bonchev–Trinajstić information content (AvgIpc) is 3.10. The van der Waals surface area contributed by atoms with E-state index in [0.717, 1.165) is 23.0 Å². The highest BCUT2D eigenvalue weighted by molar-refractivity contribution is 5.95. The zero-order valence-corrected chi connectivity index (χ0v) is 14.0. The zero-order chi connectivity index (χ0) is 18.5. The molecule has 1 amide bonds. The standard InChI is InChI=1S/C20H15FN4O/c1-14-4-7-16(8-5-14)25-10-2-3-17(25)13-23-24-20(26)18-9-6-15(12-22)11-19(18)21/h2-11,13H,1H3,(H,24,26)/b23-13-. The van der Waals surface area contributed by atoms with E-state index >= 15 is 0 Å². The number of benzene rings is 2. The highest BCUT2D eigenvalue weighted by Crippen LogP contribution is 2.13. The van der Waals surface area contributed by atoms with Gasteiger partial charge in [-0.25, -0.2) is 9.82 Å². The molecule has 26 heavy (non-hydrogen) atoms. The van der Waals surface area contributed by atoms with Crippen molar-refractivity contribution in [2.24, 2.45) is 5.10 Å². The Morgan fingerprint density at radius 1 is 1.23 bits per heavy atom. The second kappa shape index (κ2) is 7.45. The van der Waals surface area contributed by atoms with Crippen LogP contribution in [-0.4, -0.2) is 16.7 Å². The van der Waals surface area contributed by atoms with Crippen molar-refractivity contribution in [2.45, 2.75) is 6.92 Å². The molecule has 0 aliphatic rings. The van der Waals surface area contributed by atoms with E-state index in [0.29, 0.717) is 0 Å². The summed E-state index contributed by atoms with van der Waals surface area (Å²) in [5.41, 5.74) is 5.16. The number of carbonyl (C=O) groups is 1. The number of nitriles is 1. The van der Waals surface area contributed by atoms with Gasteiger partial charge in [-0.15, -0.1) is 0 Å². The maximum Gasteiger partial charge on any atom is 0.274 e. The minimum atomic E-state index is -0.764. The van der Waals surface area contributed by atoms with E-state index < -0.39 is 11.7 Å². The van der Waals surface area contributed by atoms with Crippen LogP contribution < -0.4 is 5.43 Å². The third-order valence-corrected chi connectivity index (χ3v) is 3.80. The first-order chi connectivity index (χ1) is 12.6. The molecule has 1 heterocycles. The van der Waals surface area contributed by atoms with E-state index in [9.17, 15) is 9.18 Å². The third-order valence-electron chi connectivity index (χ3n) is 3.80. The predicted molar refractivity (Wildman–Crippen MR) is 96.7 cm³/mol. The molecule has 0 radical (unpaired) electrons. The van der Waals surface area contributed by atoms with Crippen molar-refractivity contribution < 1.29 is 9.18 Å². The van der Waals surface area contributed by atoms with Crippen molar-refractivity contribution in [3.05, 3.63) is 89.0 Å². The summed E-state index contributed by atoms with van der Waals surface area (Å²) in [6.45, 7) is 2.01. The second-order valence-electron chi connectivity index (χ2n) is 5.64. The number of aryl methyl sites for hydroxylation is 1. The second-order valence-corrected chi connectivity index (χ2v) is 5.64. The molecule has 0 bridgehead atoms. The molecule has 2 aromatic carbocycles. The fourth-order valence-corrected chi connectivity index (χ4v) is 2.43. The van der Waals surface area contributed by atoms with Crippen molar-refractivity contribution in [1.29, 1.82) is 5.26 Å². The lowest BCUT2D eigenvalue weighted by atomic mass is 10.1. The summed E-state index contributed by atoms with van der Waals surface area (Å²) in [6.07, 6.45) is 3.37. The highest BCUT2D eigenvalue weighted by atomic mass is 19.1. The number of carbonyl (C=O) groups excluding carboxylic acids is 1. The van der Waals surface area contributed by atoms with Crippen LogP contribution in [-0.2, 0) is 0 Å². The lowest BCUT2D eigenvalue weighted by molar-refractivity contribution is 0.0951. The van der Waals surface area contributed by atoms with Gasteiger partial charge in [0.15, 0.2) is 0 Å². The third kappa shape index (κ3) is 3.68. The smallest absolute Gasteiger partial charge is 0.274 e. The Labute approximate surface area is 150 Å². The molecule has 0 aliphatic heterocycles. The molecule has 6 heteroatoms. The fourth-order valence-electron chi connectivity index (χ4n) is 2.43. The summed E-state index contributed by atoms with van der Waals surface area (Å²) >= 11 is 0. The quantitative estimate of drug-likeness (QED) is 0.580. The number of hydrogen-bond donors (Lipinski definition) is 1. The van der Waals surface area contributed by atoms with E-state index in [1.807, 2.05) is 60.2 Å². The summed E-state index contributed by atoms with van der Waals surface area (Å²) in [4.78, 5) is 12.0. The zero-order valence-electron chi connectivity index (χ0n) is 14.0. The van der Waals surface area contributed by atoms with Crippen LogP contribution in [0.5, 0.6) is 0 Å². The Hall–Kier alpha value is -3.72. The van der Waals surface area contributed by atoms with Crippen LogP contribution in [0, 0.1) is 24.1 Å². The molecule has 5 nitrogen and oxygen atoms in total. The summed E-state index contributed by atoms with van der Waals surface area (Å²) < 4.78 is 15.8. The van der Waals surface area contributed by atoms with Gasteiger partial charge in [-0.05, 0) is 49.4 Å². The highest BCUT2D eigenvalue weighted by Gasteiger charge is 2.11. The lowest BCUT2D eigenvalue weighted by Crippen LogP contribution is -2.19.